The quantitative estimate of drug-likeness (QED) is 0.283. The highest BCUT2D eigenvalue weighted by Crippen LogP contribution is 2.31. The van der Waals surface area contributed by atoms with Gasteiger partial charge in [-0.2, -0.15) is 0 Å². The van der Waals surface area contributed by atoms with Gasteiger partial charge in [0.05, 0.1) is 17.6 Å². The topological polar surface area (TPSA) is 46.9 Å². The highest BCUT2D eigenvalue weighted by Gasteiger charge is 2.16. The molecular weight excluding hydrogens is 494 g/mol. The summed E-state index contributed by atoms with van der Waals surface area (Å²) in [7, 11) is 0. The van der Waals surface area contributed by atoms with Gasteiger partial charge in [-0.1, -0.05) is 69.1 Å². The number of amides is 1. The molecule has 0 spiro atoms. The molecule has 1 heterocycles. The molecule has 0 saturated carbocycles. The number of nitrogens with one attached hydrogen (secondary N) is 1. The molecule has 0 radical (unpaired) electrons. The van der Waals surface area contributed by atoms with Crippen LogP contribution in [0.1, 0.15) is 5.56 Å². The molecule has 1 amide bonds. The molecule has 0 fully saturated rings. The van der Waals surface area contributed by atoms with Crippen LogP contribution in [0.5, 0.6) is 0 Å². The number of carbonyl (C=O) groups excluding carboxylic acids is 1. The maximum absolute atomic E-state index is 12.5. The molecule has 156 valence electrons. The van der Waals surface area contributed by atoms with E-state index in [1.807, 2.05) is 30.5 Å². The smallest absolute Gasteiger partial charge is 0.234 e. The molecule has 0 bridgehead atoms. The number of anilines is 1. The van der Waals surface area contributed by atoms with E-state index >= 15 is 0 Å². The number of benzene rings is 3. The molecule has 1 N–H and O–H groups in total. The molecule has 4 nitrogen and oxygen atoms in total. The first-order chi connectivity index (χ1) is 15.0. The minimum atomic E-state index is -0.101. The summed E-state index contributed by atoms with van der Waals surface area (Å²) in [6.07, 6.45) is 1.85. The van der Waals surface area contributed by atoms with Gasteiger partial charge in [-0.05, 0) is 55.5 Å². The number of imidazole rings is 1. The lowest BCUT2D eigenvalue weighted by Crippen LogP contribution is -2.14. The molecule has 0 unspecified atom stereocenters. The molecule has 3 aromatic carbocycles. The maximum Gasteiger partial charge on any atom is 0.234 e. The van der Waals surface area contributed by atoms with Crippen LogP contribution < -0.4 is 5.32 Å². The predicted molar refractivity (Wildman–Crippen MR) is 132 cm³/mol. The SMILES string of the molecule is Cc1ccc(-n2c(-c3ccc(Br)cc3)cnc2SCC(=O)Nc2ccc(Cl)cc2)cc1. The molecule has 0 aliphatic rings. The van der Waals surface area contributed by atoms with Crippen molar-refractivity contribution >= 4 is 50.9 Å². The molecule has 0 aliphatic heterocycles. The van der Waals surface area contributed by atoms with Crippen molar-refractivity contribution in [2.45, 2.75) is 12.1 Å². The van der Waals surface area contributed by atoms with Crippen LogP contribution in [0.2, 0.25) is 5.02 Å². The molecule has 0 saturated heterocycles. The Bertz CT molecular complexity index is 1190. The van der Waals surface area contributed by atoms with Crippen molar-refractivity contribution in [3.63, 3.8) is 0 Å². The van der Waals surface area contributed by atoms with Crippen LogP contribution in [0.4, 0.5) is 5.69 Å². The average molecular weight is 513 g/mol. The lowest BCUT2D eigenvalue weighted by Gasteiger charge is -2.13. The van der Waals surface area contributed by atoms with Crippen LogP contribution in [0, 0.1) is 6.92 Å². The van der Waals surface area contributed by atoms with Gasteiger partial charge in [-0.3, -0.25) is 9.36 Å². The van der Waals surface area contributed by atoms with E-state index in [-0.39, 0.29) is 11.7 Å². The maximum atomic E-state index is 12.5. The molecule has 7 heteroatoms. The number of hydrogen-bond donors (Lipinski definition) is 1. The minimum Gasteiger partial charge on any atom is -0.325 e. The zero-order valence-electron chi connectivity index (χ0n) is 16.7. The highest BCUT2D eigenvalue weighted by atomic mass is 79.9. The van der Waals surface area contributed by atoms with Crippen molar-refractivity contribution in [3.8, 4) is 16.9 Å². The summed E-state index contributed by atoms with van der Waals surface area (Å²) < 4.78 is 3.11. The van der Waals surface area contributed by atoms with E-state index in [9.17, 15) is 4.79 Å². The third-order valence-corrected chi connectivity index (χ3v) is 6.36. The summed E-state index contributed by atoms with van der Waals surface area (Å²) in [4.78, 5) is 17.1. The van der Waals surface area contributed by atoms with E-state index in [4.69, 9.17) is 11.6 Å². The number of aromatic nitrogens is 2. The summed E-state index contributed by atoms with van der Waals surface area (Å²) in [5.74, 6) is 0.140. The Morgan fingerprint density at radius 1 is 1.03 bits per heavy atom. The standard InChI is InChI=1S/C24H19BrClN3OS/c1-16-2-12-21(13-3-16)29-22(17-4-6-18(25)7-5-17)14-27-24(29)31-15-23(30)28-20-10-8-19(26)9-11-20/h2-14H,15H2,1H3,(H,28,30). The van der Waals surface area contributed by atoms with E-state index in [0.29, 0.717) is 10.7 Å². The van der Waals surface area contributed by atoms with Crippen LogP contribution in [-0.4, -0.2) is 21.2 Å². The van der Waals surface area contributed by atoms with E-state index in [0.717, 1.165) is 26.6 Å². The molecule has 31 heavy (non-hydrogen) atoms. The Kier molecular flexibility index (Phi) is 6.80. The molecule has 0 atom stereocenters. The molecule has 4 rings (SSSR count). The van der Waals surface area contributed by atoms with Gasteiger partial charge in [0.2, 0.25) is 5.91 Å². The van der Waals surface area contributed by atoms with Gasteiger partial charge in [-0.15, -0.1) is 0 Å². The first-order valence-corrected chi connectivity index (χ1v) is 11.7. The fraction of sp³-hybridized carbons (Fsp3) is 0.0833. The first-order valence-electron chi connectivity index (χ1n) is 9.58. The van der Waals surface area contributed by atoms with Crippen LogP contribution in [0.3, 0.4) is 0 Å². The third kappa shape index (κ3) is 5.39. The van der Waals surface area contributed by atoms with Crippen LogP contribution in [0.15, 0.2) is 88.6 Å². The van der Waals surface area contributed by atoms with Crippen molar-refractivity contribution in [2.24, 2.45) is 0 Å². The van der Waals surface area contributed by atoms with Gasteiger partial charge in [-0.25, -0.2) is 4.98 Å². The van der Waals surface area contributed by atoms with E-state index in [2.05, 4.69) is 62.0 Å². The number of hydrogen-bond acceptors (Lipinski definition) is 3. The number of nitrogens with zero attached hydrogens (tertiary/aromatic N) is 2. The Morgan fingerprint density at radius 2 is 1.71 bits per heavy atom. The van der Waals surface area contributed by atoms with Crippen LogP contribution in [0.25, 0.3) is 16.9 Å². The first kappa shape index (κ1) is 21.7. The van der Waals surface area contributed by atoms with Gasteiger partial charge >= 0.3 is 0 Å². The van der Waals surface area contributed by atoms with Gasteiger partial charge in [0.25, 0.3) is 0 Å². The van der Waals surface area contributed by atoms with E-state index in [1.54, 1.807) is 24.3 Å². The number of carbonyl (C=O) groups is 1. The molecule has 0 aliphatic carbocycles. The zero-order chi connectivity index (χ0) is 21.8. The predicted octanol–water partition coefficient (Wildman–Crippen LogP) is 6.99. The Labute approximate surface area is 198 Å². The summed E-state index contributed by atoms with van der Waals surface area (Å²) in [5, 5.41) is 4.28. The average Bonchev–Trinajstić information content (AvgIpc) is 3.19. The second-order valence-electron chi connectivity index (χ2n) is 6.95. The summed E-state index contributed by atoms with van der Waals surface area (Å²) in [6, 6.07) is 23.5. The van der Waals surface area contributed by atoms with Crippen LogP contribution in [-0.2, 0) is 4.79 Å². The monoisotopic (exact) mass is 511 g/mol. The Morgan fingerprint density at radius 3 is 2.39 bits per heavy atom. The van der Waals surface area contributed by atoms with Crippen molar-refractivity contribution in [1.82, 2.24) is 9.55 Å². The molecular formula is C24H19BrClN3OS. The summed E-state index contributed by atoms with van der Waals surface area (Å²) in [6.45, 7) is 2.06. The van der Waals surface area contributed by atoms with Crippen molar-refractivity contribution in [2.75, 3.05) is 11.1 Å². The minimum absolute atomic E-state index is 0.101. The van der Waals surface area contributed by atoms with Gasteiger partial charge in [0, 0.05) is 26.4 Å². The van der Waals surface area contributed by atoms with Crippen LogP contribution >= 0.6 is 39.3 Å². The van der Waals surface area contributed by atoms with Gasteiger partial charge < -0.3 is 5.32 Å². The van der Waals surface area contributed by atoms with Gasteiger partial charge in [0.1, 0.15) is 0 Å². The number of rotatable bonds is 6. The van der Waals surface area contributed by atoms with Crippen molar-refractivity contribution in [3.05, 3.63) is 94.1 Å². The number of halogens is 2. The number of thioether (sulfide) groups is 1. The fourth-order valence-corrected chi connectivity index (χ4v) is 4.25. The second-order valence-corrected chi connectivity index (χ2v) is 9.24. The number of aryl methyl sites for hydroxylation is 1. The molecule has 4 aromatic rings. The lowest BCUT2D eigenvalue weighted by molar-refractivity contribution is -0.113. The summed E-state index contributed by atoms with van der Waals surface area (Å²) in [5.41, 5.74) is 4.92. The Balaban J connectivity index is 1.59. The molecule has 1 aromatic heterocycles. The van der Waals surface area contributed by atoms with Crippen molar-refractivity contribution in [1.29, 1.82) is 0 Å². The fourth-order valence-electron chi connectivity index (χ4n) is 3.06. The normalized spacial score (nSPS) is 10.8. The third-order valence-electron chi connectivity index (χ3n) is 4.62. The van der Waals surface area contributed by atoms with E-state index < -0.39 is 0 Å². The highest BCUT2D eigenvalue weighted by molar-refractivity contribution is 9.10. The van der Waals surface area contributed by atoms with Crippen molar-refractivity contribution < 1.29 is 4.79 Å². The summed E-state index contributed by atoms with van der Waals surface area (Å²) >= 11 is 10.8. The lowest BCUT2D eigenvalue weighted by atomic mass is 10.1. The zero-order valence-corrected chi connectivity index (χ0v) is 19.8. The van der Waals surface area contributed by atoms with E-state index in [1.165, 1.54) is 17.3 Å². The van der Waals surface area contributed by atoms with Gasteiger partial charge in [0.15, 0.2) is 5.16 Å². The second kappa shape index (κ2) is 9.73. The largest absolute Gasteiger partial charge is 0.325 e. The Hall–Kier alpha value is -2.54.